The fraction of sp³-hybridized carbons (Fsp3) is 0.211. The van der Waals surface area contributed by atoms with Crippen molar-refractivity contribution in [2.45, 2.75) is 20.1 Å². The Labute approximate surface area is 169 Å². The second-order valence-electron chi connectivity index (χ2n) is 5.68. The van der Waals surface area contributed by atoms with E-state index in [0.29, 0.717) is 18.1 Å². The zero-order valence-electron chi connectivity index (χ0n) is 15.3. The minimum atomic E-state index is -0.635. The SMILES string of the molecule is CCn1cc(NC(=O)c2ccc(COc3ccccc3Br)o2)c(C(=O)OC)n1. The molecule has 3 rings (SSSR count). The Morgan fingerprint density at radius 2 is 2.04 bits per heavy atom. The molecule has 9 heteroatoms. The first-order valence-electron chi connectivity index (χ1n) is 8.45. The standard InChI is InChI=1S/C19H18BrN3O5/c1-3-23-10-14(17(22-23)19(25)26-2)21-18(24)16-9-8-12(28-16)11-27-15-7-5-4-6-13(15)20/h4-10H,3,11H2,1-2H3,(H,21,24). The van der Waals surface area contributed by atoms with Gasteiger partial charge in [0.05, 0.1) is 17.3 Å². The van der Waals surface area contributed by atoms with Crippen molar-refractivity contribution in [1.29, 1.82) is 0 Å². The molecule has 8 nitrogen and oxygen atoms in total. The highest BCUT2D eigenvalue weighted by molar-refractivity contribution is 9.10. The van der Waals surface area contributed by atoms with Crippen LogP contribution >= 0.6 is 15.9 Å². The van der Waals surface area contributed by atoms with Crippen molar-refractivity contribution in [2.75, 3.05) is 12.4 Å². The van der Waals surface area contributed by atoms with E-state index in [2.05, 4.69) is 26.3 Å². The van der Waals surface area contributed by atoms with Gasteiger partial charge >= 0.3 is 5.97 Å². The van der Waals surface area contributed by atoms with E-state index < -0.39 is 11.9 Å². The van der Waals surface area contributed by atoms with Gasteiger partial charge in [-0.1, -0.05) is 12.1 Å². The summed E-state index contributed by atoms with van der Waals surface area (Å²) in [6.07, 6.45) is 1.56. The number of para-hydroxylation sites is 1. The highest BCUT2D eigenvalue weighted by Crippen LogP contribution is 2.25. The number of amides is 1. The van der Waals surface area contributed by atoms with Gasteiger partial charge in [0.15, 0.2) is 11.5 Å². The largest absolute Gasteiger partial charge is 0.484 e. The Balaban J connectivity index is 1.68. The van der Waals surface area contributed by atoms with Gasteiger partial charge in [0.1, 0.15) is 18.1 Å². The molecule has 0 atom stereocenters. The number of ether oxygens (including phenoxy) is 2. The lowest BCUT2D eigenvalue weighted by molar-refractivity contribution is 0.0594. The molecule has 2 aromatic heterocycles. The number of esters is 1. The van der Waals surface area contributed by atoms with Crippen molar-refractivity contribution < 1.29 is 23.5 Å². The summed E-state index contributed by atoms with van der Waals surface area (Å²) in [7, 11) is 1.25. The van der Waals surface area contributed by atoms with Crippen LogP contribution < -0.4 is 10.1 Å². The van der Waals surface area contributed by atoms with Gasteiger partial charge in [0, 0.05) is 12.7 Å². The summed E-state index contributed by atoms with van der Waals surface area (Å²) >= 11 is 3.40. The van der Waals surface area contributed by atoms with Crippen molar-refractivity contribution in [1.82, 2.24) is 9.78 Å². The zero-order valence-corrected chi connectivity index (χ0v) is 16.9. The summed E-state index contributed by atoms with van der Waals surface area (Å²) in [6, 6.07) is 10.6. The van der Waals surface area contributed by atoms with Gasteiger partial charge in [-0.2, -0.15) is 5.10 Å². The number of aryl methyl sites for hydroxylation is 1. The van der Waals surface area contributed by atoms with Crippen LogP contribution in [0.1, 0.15) is 33.7 Å². The summed E-state index contributed by atoms with van der Waals surface area (Å²) in [6.45, 7) is 2.57. The lowest BCUT2D eigenvalue weighted by Crippen LogP contribution is -2.14. The number of rotatable bonds is 7. The maximum absolute atomic E-state index is 12.5. The van der Waals surface area contributed by atoms with E-state index in [1.54, 1.807) is 12.3 Å². The van der Waals surface area contributed by atoms with Crippen LogP contribution in [0.25, 0.3) is 0 Å². The van der Waals surface area contributed by atoms with Crippen LogP contribution in [-0.2, 0) is 17.9 Å². The van der Waals surface area contributed by atoms with Gasteiger partial charge in [-0.15, -0.1) is 0 Å². The number of furan rings is 1. The van der Waals surface area contributed by atoms with E-state index in [0.717, 1.165) is 4.47 Å². The van der Waals surface area contributed by atoms with E-state index in [1.165, 1.54) is 17.9 Å². The van der Waals surface area contributed by atoms with Crippen LogP contribution in [0, 0.1) is 0 Å². The molecule has 28 heavy (non-hydrogen) atoms. The molecular weight excluding hydrogens is 430 g/mol. The fourth-order valence-electron chi connectivity index (χ4n) is 2.39. The molecule has 3 aromatic rings. The number of nitrogens with zero attached hydrogens (tertiary/aromatic N) is 2. The number of carbonyl (C=O) groups excluding carboxylic acids is 2. The quantitative estimate of drug-likeness (QED) is 0.552. The van der Waals surface area contributed by atoms with Crippen LogP contribution in [0.5, 0.6) is 5.75 Å². The van der Waals surface area contributed by atoms with Gasteiger partial charge in [-0.25, -0.2) is 4.79 Å². The molecule has 2 heterocycles. The molecule has 0 bridgehead atoms. The number of nitrogens with one attached hydrogen (secondary N) is 1. The second-order valence-corrected chi connectivity index (χ2v) is 6.53. The summed E-state index contributed by atoms with van der Waals surface area (Å²) < 4.78 is 18.3. The normalized spacial score (nSPS) is 10.5. The van der Waals surface area contributed by atoms with Gasteiger partial charge in [0.2, 0.25) is 0 Å². The topological polar surface area (TPSA) is 95.6 Å². The average molecular weight is 448 g/mol. The molecule has 0 spiro atoms. The van der Waals surface area contributed by atoms with E-state index in [9.17, 15) is 9.59 Å². The van der Waals surface area contributed by atoms with E-state index in [-0.39, 0.29) is 23.7 Å². The van der Waals surface area contributed by atoms with Crippen molar-refractivity contribution in [3.05, 3.63) is 64.3 Å². The third-order valence-electron chi connectivity index (χ3n) is 3.80. The summed E-state index contributed by atoms with van der Waals surface area (Å²) in [4.78, 5) is 24.3. The zero-order chi connectivity index (χ0) is 20.1. The van der Waals surface area contributed by atoms with Crippen molar-refractivity contribution in [3.8, 4) is 5.75 Å². The number of hydrogen-bond acceptors (Lipinski definition) is 6. The van der Waals surface area contributed by atoms with Crippen LogP contribution in [-0.4, -0.2) is 28.8 Å². The van der Waals surface area contributed by atoms with E-state index in [1.807, 2.05) is 31.2 Å². The van der Waals surface area contributed by atoms with Crippen LogP contribution in [0.2, 0.25) is 0 Å². The lowest BCUT2D eigenvalue weighted by Gasteiger charge is -2.06. The first-order chi connectivity index (χ1) is 13.5. The summed E-state index contributed by atoms with van der Waals surface area (Å²) in [5.41, 5.74) is 0.280. The Kier molecular flexibility index (Phi) is 6.15. The van der Waals surface area contributed by atoms with Crippen LogP contribution in [0.15, 0.2) is 51.5 Å². The molecule has 146 valence electrons. The number of methoxy groups -OCH3 is 1. The third-order valence-corrected chi connectivity index (χ3v) is 4.46. The molecular formula is C19H18BrN3O5. The second kappa shape index (κ2) is 8.75. The number of benzene rings is 1. The maximum atomic E-state index is 12.5. The summed E-state index contributed by atoms with van der Waals surface area (Å²) in [5, 5.41) is 6.72. The van der Waals surface area contributed by atoms with E-state index >= 15 is 0 Å². The number of hydrogen-bond donors (Lipinski definition) is 1. The molecule has 1 aromatic carbocycles. The van der Waals surface area contributed by atoms with Crippen molar-refractivity contribution in [2.24, 2.45) is 0 Å². The van der Waals surface area contributed by atoms with E-state index in [4.69, 9.17) is 13.9 Å². The van der Waals surface area contributed by atoms with Crippen LogP contribution in [0.3, 0.4) is 0 Å². The Morgan fingerprint density at radius 3 is 2.75 bits per heavy atom. The molecule has 1 amide bonds. The highest BCUT2D eigenvalue weighted by Gasteiger charge is 2.21. The Hall–Kier alpha value is -3.07. The number of aromatic nitrogens is 2. The maximum Gasteiger partial charge on any atom is 0.360 e. The number of anilines is 1. The Bertz CT molecular complexity index is 995. The van der Waals surface area contributed by atoms with Gasteiger partial charge < -0.3 is 19.2 Å². The molecule has 0 unspecified atom stereocenters. The smallest absolute Gasteiger partial charge is 0.360 e. The monoisotopic (exact) mass is 447 g/mol. The molecule has 0 aliphatic heterocycles. The number of carbonyl (C=O) groups is 2. The molecule has 0 fully saturated rings. The first-order valence-corrected chi connectivity index (χ1v) is 9.24. The molecule has 0 saturated heterocycles. The third kappa shape index (κ3) is 4.42. The molecule has 1 N–H and O–H groups in total. The van der Waals surface area contributed by atoms with Crippen molar-refractivity contribution >= 4 is 33.5 Å². The summed E-state index contributed by atoms with van der Waals surface area (Å²) in [5.74, 6) is 0.0983. The number of halogens is 1. The van der Waals surface area contributed by atoms with Crippen LogP contribution in [0.4, 0.5) is 5.69 Å². The molecule has 0 aliphatic carbocycles. The predicted molar refractivity (Wildman–Crippen MR) is 104 cm³/mol. The minimum absolute atomic E-state index is 0.0294. The Morgan fingerprint density at radius 1 is 1.25 bits per heavy atom. The van der Waals surface area contributed by atoms with Gasteiger partial charge in [-0.05, 0) is 47.1 Å². The first kappa shape index (κ1) is 19.7. The average Bonchev–Trinajstić information content (AvgIpc) is 3.34. The van der Waals surface area contributed by atoms with Crippen molar-refractivity contribution in [3.63, 3.8) is 0 Å². The van der Waals surface area contributed by atoms with Gasteiger partial charge in [-0.3, -0.25) is 9.48 Å². The molecule has 0 aliphatic rings. The molecule has 0 saturated carbocycles. The molecule has 0 radical (unpaired) electrons. The van der Waals surface area contributed by atoms with Gasteiger partial charge in [0.25, 0.3) is 5.91 Å². The minimum Gasteiger partial charge on any atom is -0.484 e. The fourth-order valence-corrected chi connectivity index (χ4v) is 2.79. The highest BCUT2D eigenvalue weighted by atomic mass is 79.9. The lowest BCUT2D eigenvalue weighted by atomic mass is 10.3. The predicted octanol–water partition coefficient (Wildman–Crippen LogP) is 3.88.